The Balaban J connectivity index is 1.65. The lowest BCUT2D eigenvalue weighted by Crippen LogP contribution is -2.46. The first-order valence-electron chi connectivity index (χ1n) is 7.75. The molecule has 1 aromatic carbocycles. The Morgan fingerprint density at radius 1 is 1.08 bits per heavy atom. The Hall–Kier alpha value is -2.61. The van der Waals surface area contributed by atoms with Crippen molar-refractivity contribution in [3.8, 4) is 11.6 Å². The van der Waals surface area contributed by atoms with Crippen molar-refractivity contribution in [2.75, 3.05) is 26.2 Å². The van der Waals surface area contributed by atoms with Crippen molar-refractivity contribution in [2.24, 2.45) is 0 Å². The number of aromatic nitrogens is 1. The topological polar surface area (TPSA) is 54.5 Å². The molecule has 2 aromatic rings. The number of benzene rings is 1. The molecular weight excluding hydrogens is 335 g/mol. The van der Waals surface area contributed by atoms with Gasteiger partial charge in [0, 0.05) is 44.0 Å². The van der Waals surface area contributed by atoms with Crippen molar-refractivity contribution in [3.05, 3.63) is 53.7 Å². The number of carbonyl (C=O) groups is 1. The number of carbonyl (C=O) groups excluding carboxylic acids is 1. The van der Waals surface area contributed by atoms with Crippen LogP contribution in [-0.2, 0) is 6.18 Å². The number of amides is 1. The third-order valence-electron chi connectivity index (χ3n) is 3.79. The molecule has 1 saturated heterocycles. The first-order valence-corrected chi connectivity index (χ1v) is 7.75. The van der Waals surface area contributed by atoms with Crippen LogP contribution in [-0.4, -0.2) is 42.0 Å². The molecule has 5 nitrogen and oxygen atoms in total. The molecule has 8 heteroatoms. The molecule has 0 aliphatic carbocycles. The van der Waals surface area contributed by atoms with E-state index in [9.17, 15) is 18.0 Å². The van der Waals surface area contributed by atoms with Gasteiger partial charge in [-0.2, -0.15) is 13.2 Å². The molecule has 0 unspecified atom stereocenters. The fraction of sp³-hybridized carbons (Fsp3) is 0.294. The lowest BCUT2D eigenvalue weighted by atomic mass is 10.2. The number of hydrogen-bond acceptors (Lipinski definition) is 4. The molecule has 0 atom stereocenters. The van der Waals surface area contributed by atoms with Crippen LogP contribution in [0.25, 0.3) is 0 Å². The number of nitrogens with one attached hydrogen (secondary N) is 1. The first-order chi connectivity index (χ1) is 11.9. The van der Waals surface area contributed by atoms with Crippen LogP contribution in [0.4, 0.5) is 13.2 Å². The molecule has 1 aliphatic rings. The Morgan fingerprint density at radius 2 is 1.76 bits per heavy atom. The van der Waals surface area contributed by atoms with Crippen LogP contribution in [0.2, 0.25) is 0 Å². The molecule has 25 heavy (non-hydrogen) atoms. The molecule has 1 aliphatic heterocycles. The SMILES string of the molecule is O=C(c1ccc(Oc2ccc(C(F)(F)F)cn2)cc1)N1CCNCC1. The highest BCUT2D eigenvalue weighted by Gasteiger charge is 2.30. The number of rotatable bonds is 3. The predicted octanol–water partition coefficient (Wildman–Crippen LogP) is 2.94. The van der Waals surface area contributed by atoms with Crippen LogP contribution in [0.1, 0.15) is 15.9 Å². The molecule has 0 radical (unpaired) electrons. The number of pyridine rings is 1. The number of piperazine rings is 1. The van der Waals surface area contributed by atoms with Crippen molar-refractivity contribution in [1.82, 2.24) is 15.2 Å². The molecular formula is C17H16F3N3O2. The van der Waals surface area contributed by atoms with Gasteiger partial charge in [-0.15, -0.1) is 0 Å². The van der Waals surface area contributed by atoms with Gasteiger partial charge >= 0.3 is 6.18 Å². The van der Waals surface area contributed by atoms with Gasteiger partial charge < -0.3 is 15.0 Å². The zero-order valence-electron chi connectivity index (χ0n) is 13.2. The van der Waals surface area contributed by atoms with E-state index >= 15 is 0 Å². The summed E-state index contributed by atoms with van der Waals surface area (Å²) in [5.41, 5.74) is -0.300. The zero-order chi connectivity index (χ0) is 17.9. The largest absolute Gasteiger partial charge is 0.439 e. The van der Waals surface area contributed by atoms with E-state index in [1.807, 2.05) is 0 Å². The van der Waals surface area contributed by atoms with E-state index in [0.717, 1.165) is 31.4 Å². The summed E-state index contributed by atoms with van der Waals surface area (Å²) in [7, 11) is 0. The highest BCUT2D eigenvalue weighted by Crippen LogP contribution is 2.30. The van der Waals surface area contributed by atoms with Crippen LogP contribution in [0, 0.1) is 0 Å². The Bertz CT molecular complexity index is 724. The molecule has 132 valence electrons. The molecule has 1 aromatic heterocycles. The standard InChI is InChI=1S/C17H16F3N3O2/c18-17(19,20)13-3-6-15(22-11-13)25-14-4-1-12(2-5-14)16(24)23-9-7-21-8-10-23/h1-6,11,21H,7-10H2. The number of halogens is 3. The quantitative estimate of drug-likeness (QED) is 0.924. The molecule has 1 amide bonds. The third-order valence-corrected chi connectivity index (χ3v) is 3.79. The van der Waals surface area contributed by atoms with Crippen LogP contribution < -0.4 is 10.1 Å². The van der Waals surface area contributed by atoms with Gasteiger partial charge in [-0.05, 0) is 30.3 Å². The van der Waals surface area contributed by atoms with Crippen LogP contribution >= 0.6 is 0 Å². The van der Waals surface area contributed by atoms with Gasteiger partial charge in [0.15, 0.2) is 0 Å². The van der Waals surface area contributed by atoms with Gasteiger partial charge in [-0.25, -0.2) is 4.98 Å². The predicted molar refractivity (Wildman–Crippen MR) is 84.5 cm³/mol. The maximum atomic E-state index is 12.5. The van der Waals surface area contributed by atoms with Crippen molar-refractivity contribution < 1.29 is 22.7 Å². The molecule has 1 N–H and O–H groups in total. The summed E-state index contributed by atoms with van der Waals surface area (Å²) in [4.78, 5) is 17.8. The second-order valence-electron chi connectivity index (χ2n) is 5.55. The van der Waals surface area contributed by atoms with E-state index in [2.05, 4.69) is 10.3 Å². The van der Waals surface area contributed by atoms with E-state index in [1.54, 1.807) is 29.2 Å². The molecule has 3 rings (SSSR count). The van der Waals surface area contributed by atoms with Gasteiger partial charge in [0.25, 0.3) is 5.91 Å². The summed E-state index contributed by atoms with van der Waals surface area (Å²) < 4.78 is 42.9. The van der Waals surface area contributed by atoms with Crippen molar-refractivity contribution in [2.45, 2.75) is 6.18 Å². The summed E-state index contributed by atoms with van der Waals surface area (Å²) in [6.45, 7) is 2.86. The lowest BCUT2D eigenvalue weighted by Gasteiger charge is -2.27. The maximum absolute atomic E-state index is 12.5. The Labute approximate surface area is 142 Å². The average Bonchev–Trinajstić information content (AvgIpc) is 2.62. The molecule has 0 bridgehead atoms. The molecule has 0 saturated carbocycles. The van der Waals surface area contributed by atoms with Gasteiger partial charge in [-0.3, -0.25) is 4.79 Å². The fourth-order valence-electron chi connectivity index (χ4n) is 2.45. The lowest BCUT2D eigenvalue weighted by molar-refractivity contribution is -0.137. The van der Waals surface area contributed by atoms with Crippen LogP contribution in [0.5, 0.6) is 11.6 Å². The highest BCUT2D eigenvalue weighted by molar-refractivity contribution is 5.94. The first kappa shape index (κ1) is 17.2. The van der Waals surface area contributed by atoms with E-state index in [4.69, 9.17) is 4.74 Å². The van der Waals surface area contributed by atoms with Gasteiger partial charge in [0.1, 0.15) is 5.75 Å². The van der Waals surface area contributed by atoms with Gasteiger partial charge in [0.2, 0.25) is 5.88 Å². The minimum absolute atomic E-state index is 0.0502. The van der Waals surface area contributed by atoms with E-state index in [1.165, 1.54) is 0 Å². The second kappa shape index (κ2) is 7.10. The minimum atomic E-state index is -4.43. The number of alkyl halides is 3. The summed E-state index contributed by atoms with van der Waals surface area (Å²) in [6.07, 6.45) is -3.71. The fourth-order valence-corrected chi connectivity index (χ4v) is 2.45. The Morgan fingerprint density at radius 3 is 2.32 bits per heavy atom. The van der Waals surface area contributed by atoms with Gasteiger partial charge in [0.05, 0.1) is 5.56 Å². The van der Waals surface area contributed by atoms with E-state index in [0.29, 0.717) is 24.4 Å². The van der Waals surface area contributed by atoms with Crippen molar-refractivity contribution in [1.29, 1.82) is 0 Å². The average molecular weight is 351 g/mol. The van der Waals surface area contributed by atoms with Crippen molar-refractivity contribution >= 4 is 5.91 Å². The normalized spacial score (nSPS) is 15.1. The molecule has 1 fully saturated rings. The van der Waals surface area contributed by atoms with Crippen LogP contribution in [0.15, 0.2) is 42.6 Å². The third kappa shape index (κ3) is 4.27. The number of nitrogens with zero attached hydrogens (tertiary/aromatic N) is 2. The monoisotopic (exact) mass is 351 g/mol. The highest BCUT2D eigenvalue weighted by atomic mass is 19.4. The van der Waals surface area contributed by atoms with Crippen LogP contribution in [0.3, 0.4) is 0 Å². The number of ether oxygens (including phenoxy) is 1. The van der Waals surface area contributed by atoms with Gasteiger partial charge in [-0.1, -0.05) is 0 Å². The Kier molecular flexibility index (Phi) is 4.89. The smallest absolute Gasteiger partial charge is 0.417 e. The van der Waals surface area contributed by atoms with E-state index in [-0.39, 0.29) is 11.8 Å². The molecule has 0 spiro atoms. The summed E-state index contributed by atoms with van der Waals surface area (Å²) in [5.74, 6) is 0.388. The summed E-state index contributed by atoms with van der Waals surface area (Å²) in [6, 6.07) is 8.50. The minimum Gasteiger partial charge on any atom is -0.439 e. The van der Waals surface area contributed by atoms with Crippen molar-refractivity contribution in [3.63, 3.8) is 0 Å². The summed E-state index contributed by atoms with van der Waals surface area (Å²) >= 11 is 0. The maximum Gasteiger partial charge on any atom is 0.417 e. The van der Waals surface area contributed by atoms with E-state index < -0.39 is 11.7 Å². The summed E-state index contributed by atoms with van der Waals surface area (Å²) in [5, 5.41) is 3.18. The second-order valence-corrected chi connectivity index (χ2v) is 5.55. The zero-order valence-corrected chi connectivity index (χ0v) is 13.2. The molecule has 2 heterocycles. The number of hydrogen-bond donors (Lipinski definition) is 1.